The lowest BCUT2D eigenvalue weighted by atomic mass is 9.96. The van der Waals surface area contributed by atoms with Crippen LogP contribution in [0.25, 0.3) is 0 Å². The van der Waals surface area contributed by atoms with Gasteiger partial charge in [-0.15, -0.1) is 0 Å². The fourth-order valence-electron chi connectivity index (χ4n) is 2.09. The van der Waals surface area contributed by atoms with Crippen LogP contribution in [0.3, 0.4) is 0 Å². The summed E-state index contributed by atoms with van der Waals surface area (Å²) in [7, 11) is 0. The maximum atomic E-state index is 11.8. The van der Waals surface area contributed by atoms with Gasteiger partial charge < -0.3 is 5.32 Å². The van der Waals surface area contributed by atoms with Crippen molar-refractivity contribution in [3.8, 4) is 0 Å². The molecule has 4 nitrogen and oxygen atoms in total. The van der Waals surface area contributed by atoms with Crippen molar-refractivity contribution in [1.82, 2.24) is 9.78 Å². The van der Waals surface area contributed by atoms with E-state index < -0.39 is 0 Å². The smallest absolute Gasteiger partial charge is 0.229 e. The zero-order valence-electron chi connectivity index (χ0n) is 10.9. The van der Waals surface area contributed by atoms with Crippen LogP contribution >= 0.6 is 0 Å². The van der Waals surface area contributed by atoms with E-state index in [0.717, 1.165) is 5.69 Å². The lowest BCUT2D eigenvalue weighted by Gasteiger charge is -2.16. The summed E-state index contributed by atoms with van der Waals surface area (Å²) < 4.78 is 1.99. The predicted molar refractivity (Wildman–Crippen MR) is 67.8 cm³/mol. The molecule has 0 unspecified atom stereocenters. The molecule has 1 N–H and O–H groups in total. The first kappa shape index (κ1) is 12.1. The van der Waals surface area contributed by atoms with Gasteiger partial charge in [-0.05, 0) is 12.8 Å². The van der Waals surface area contributed by atoms with Gasteiger partial charge in [0.1, 0.15) is 0 Å². The molecule has 0 aliphatic heterocycles. The molecular formula is C13H21N3O. The SMILES string of the molecule is CC(C)(C)C(=O)Nc1cnn(C2CCCC2)c1. The molecule has 17 heavy (non-hydrogen) atoms. The first-order chi connectivity index (χ1) is 7.97. The lowest BCUT2D eigenvalue weighted by molar-refractivity contribution is -0.123. The van der Waals surface area contributed by atoms with E-state index in [-0.39, 0.29) is 11.3 Å². The molecule has 1 amide bonds. The highest BCUT2D eigenvalue weighted by molar-refractivity contribution is 5.94. The van der Waals surface area contributed by atoms with Gasteiger partial charge in [0.2, 0.25) is 5.91 Å². The summed E-state index contributed by atoms with van der Waals surface area (Å²) in [5.74, 6) is 0.0310. The average molecular weight is 235 g/mol. The van der Waals surface area contributed by atoms with E-state index in [4.69, 9.17) is 0 Å². The Morgan fingerprint density at radius 3 is 2.65 bits per heavy atom. The van der Waals surface area contributed by atoms with Crippen LogP contribution in [0.15, 0.2) is 12.4 Å². The van der Waals surface area contributed by atoms with Crippen molar-refractivity contribution in [2.24, 2.45) is 5.41 Å². The Hall–Kier alpha value is -1.32. The lowest BCUT2D eigenvalue weighted by Crippen LogP contribution is -2.27. The largest absolute Gasteiger partial charge is 0.323 e. The van der Waals surface area contributed by atoms with Gasteiger partial charge in [0.15, 0.2) is 0 Å². The van der Waals surface area contributed by atoms with Crippen LogP contribution in [0.4, 0.5) is 5.69 Å². The quantitative estimate of drug-likeness (QED) is 0.856. The van der Waals surface area contributed by atoms with Crippen LogP contribution in [0.5, 0.6) is 0 Å². The Bertz CT molecular complexity index is 397. The first-order valence-corrected chi connectivity index (χ1v) is 6.32. The molecule has 0 saturated heterocycles. The van der Waals surface area contributed by atoms with Gasteiger partial charge in [0.25, 0.3) is 0 Å². The number of aromatic nitrogens is 2. The van der Waals surface area contributed by atoms with Gasteiger partial charge in [-0.3, -0.25) is 9.48 Å². The van der Waals surface area contributed by atoms with Gasteiger partial charge in [-0.25, -0.2) is 0 Å². The Kier molecular flexibility index (Phi) is 3.22. The van der Waals surface area contributed by atoms with Crippen molar-refractivity contribution < 1.29 is 4.79 Å². The van der Waals surface area contributed by atoms with Crippen LogP contribution in [-0.2, 0) is 4.79 Å². The van der Waals surface area contributed by atoms with Gasteiger partial charge in [-0.1, -0.05) is 33.6 Å². The van der Waals surface area contributed by atoms with Crippen molar-refractivity contribution in [2.45, 2.75) is 52.5 Å². The predicted octanol–water partition coefficient (Wildman–Crippen LogP) is 2.98. The molecule has 1 aromatic heterocycles. The highest BCUT2D eigenvalue weighted by atomic mass is 16.2. The minimum absolute atomic E-state index is 0.0310. The highest BCUT2D eigenvalue weighted by Gasteiger charge is 2.22. The second-order valence-corrected chi connectivity index (χ2v) is 5.85. The molecule has 94 valence electrons. The summed E-state index contributed by atoms with van der Waals surface area (Å²) in [5.41, 5.74) is 0.437. The molecule has 1 aliphatic carbocycles. The number of rotatable bonds is 2. The molecule has 1 fully saturated rings. The molecule has 4 heteroatoms. The molecule has 1 heterocycles. The van der Waals surface area contributed by atoms with Crippen molar-refractivity contribution >= 4 is 11.6 Å². The summed E-state index contributed by atoms with van der Waals surface area (Å²) in [6.45, 7) is 5.72. The molecule has 0 spiro atoms. The summed E-state index contributed by atoms with van der Waals surface area (Å²) in [6, 6.07) is 0.523. The molecule has 2 rings (SSSR count). The van der Waals surface area contributed by atoms with Gasteiger partial charge in [-0.2, -0.15) is 5.10 Å². The van der Waals surface area contributed by atoms with Crippen LogP contribution in [-0.4, -0.2) is 15.7 Å². The van der Waals surface area contributed by atoms with E-state index in [1.54, 1.807) is 6.20 Å². The Labute approximate surface area is 102 Å². The molecule has 1 aliphatic rings. The fourth-order valence-corrected chi connectivity index (χ4v) is 2.09. The average Bonchev–Trinajstić information content (AvgIpc) is 2.83. The highest BCUT2D eigenvalue weighted by Crippen LogP contribution is 2.29. The van der Waals surface area contributed by atoms with Crippen molar-refractivity contribution in [3.05, 3.63) is 12.4 Å². The number of nitrogens with zero attached hydrogens (tertiary/aromatic N) is 2. The first-order valence-electron chi connectivity index (χ1n) is 6.32. The van der Waals surface area contributed by atoms with E-state index in [0.29, 0.717) is 6.04 Å². The van der Waals surface area contributed by atoms with Crippen molar-refractivity contribution in [3.63, 3.8) is 0 Å². The summed E-state index contributed by atoms with van der Waals surface area (Å²) >= 11 is 0. The van der Waals surface area contributed by atoms with Crippen LogP contribution in [0.2, 0.25) is 0 Å². The van der Waals surface area contributed by atoms with Gasteiger partial charge in [0.05, 0.1) is 17.9 Å². The van der Waals surface area contributed by atoms with E-state index in [2.05, 4.69) is 10.4 Å². The maximum Gasteiger partial charge on any atom is 0.229 e. The number of nitrogens with one attached hydrogen (secondary N) is 1. The Morgan fingerprint density at radius 2 is 2.06 bits per heavy atom. The molecule has 0 bridgehead atoms. The molecular weight excluding hydrogens is 214 g/mol. The number of anilines is 1. The van der Waals surface area contributed by atoms with Gasteiger partial charge in [0, 0.05) is 11.6 Å². The van der Waals surface area contributed by atoms with Crippen molar-refractivity contribution in [1.29, 1.82) is 0 Å². The van der Waals surface area contributed by atoms with Crippen LogP contribution in [0, 0.1) is 5.41 Å². The molecule has 0 aromatic carbocycles. The third-order valence-electron chi connectivity index (χ3n) is 3.24. The number of amides is 1. The fraction of sp³-hybridized carbons (Fsp3) is 0.692. The minimum Gasteiger partial charge on any atom is -0.323 e. The van der Waals surface area contributed by atoms with E-state index >= 15 is 0 Å². The molecule has 0 atom stereocenters. The third-order valence-corrected chi connectivity index (χ3v) is 3.24. The van der Waals surface area contributed by atoms with E-state index in [1.807, 2.05) is 31.6 Å². The second kappa shape index (κ2) is 4.51. The number of hydrogen-bond acceptors (Lipinski definition) is 2. The summed E-state index contributed by atoms with van der Waals surface area (Å²) in [4.78, 5) is 11.8. The number of carbonyl (C=O) groups excluding carboxylic acids is 1. The number of carbonyl (C=O) groups is 1. The van der Waals surface area contributed by atoms with E-state index in [9.17, 15) is 4.79 Å². The Balaban J connectivity index is 2.01. The third kappa shape index (κ3) is 2.87. The van der Waals surface area contributed by atoms with Crippen LogP contribution in [0.1, 0.15) is 52.5 Å². The number of hydrogen-bond donors (Lipinski definition) is 1. The molecule has 0 radical (unpaired) electrons. The zero-order valence-corrected chi connectivity index (χ0v) is 10.9. The standard InChI is InChI=1S/C13H21N3O/c1-13(2,3)12(17)15-10-8-14-16(9-10)11-6-4-5-7-11/h8-9,11H,4-7H2,1-3H3,(H,15,17). The second-order valence-electron chi connectivity index (χ2n) is 5.85. The molecule has 1 saturated carbocycles. The normalized spacial score (nSPS) is 17.4. The van der Waals surface area contributed by atoms with Gasteiger partial charge >= 0.3 is 0 Å². The molecule has 1 aromatic rings. The summed E-state index contributed by atoms with van der Waals surface area (Å²) in [5, 5.41) is 7.24. The monoisotopic (exact) mass is 235 g/mol. The maximum absolute atomic E-state index is 11.8. The van der Waals surface area contributed by atoms with Crippen LogP contribution < -0.4 is 5.32 Å². The zero-order chi connectivity index (χ0) is 12.5. The summed E-state index contributed by atoms with van der Waals surface area (Å²) in [6.07, 6.45) is 8.66. The topological polar surface area (TPSA) is 46.9 Å². The Morgan fingerprint density at radius 1 is 1.41 bits per heavy atom. The van der Waals surface area contributed by atoms with Crippen molar-refractivity contribution in [2.75, 3.05) is 5.32 Å². The minimum atomic E-state index is -0.366. The van der Waals surface area contributed by atoms with E-state index in [1.165, 1.54) is 25.7 Å².